The monoisotopic (exact) mass is 245 g/mol. The predicted molar refractivity (Wildman–Crippen MR) is 55.6 cm³/mol. The summed E-state index contributed by atoms with van der Waals surface area (Å²) in [7, 11) is 1.70. The lowest BCUT2D eigenvalue weighted by Crippen LogP contribution is -2.17. The third-order valence-corrected chi connectivity index (χ3v) is 1.69. The number of hydrogen-bond donors (Lipinski definition) is 2. The van der Waals surface area contributed by atoms with Gasteiger partial charge in [0.15, 0.2) is 0 Å². The standard InChI is InChI=1S/C11H10F3NO2/c1-15-6-2-3-8-4-5-9(7-10(8)16)17-11(12,13)14/h4-5,7,15-16H,6H2,1H3. The molecular formula is C11H10F3NO2. The summed E-state index contributed by atoms with van der Waals surface area (Å²) in [5.41, 5.74) is 0.245. The van der Waals surface area contributed by atoms with Crippen LogP contribution in [0.15, 0.2) is 18.2 Å². The minimum absolute atomic E-state index is 0.245. The maximum Gasteiger partial charge on any atom is 0.573 e. The Labute approximate surface area is 96.2 Å². The van der Waals surface area contributed by atoms with E-state index in [4.69, 9.17) is 0 Å². The molecule has 3 nitrogen and oxygen atoms in total. The number of aromatic hydroxyl groups is 1. The van der Waals surface area contributed by atoms with Crippen LogP contribution in [-0.2, 0) is 0 Å². The molecular weight excluding hydrogens is 235 g/mol. The fourth-order valence-electron chi connectivity index (χ4n) is 1.04. The van der Waals surface area contributed by atoms with Crippen molar-refractivity contribution in [2.24, 2.45) is 0 Å². The summed E-state index contributed by atoms with van der Waals surface area (Å²) in [6, 6.07) is 3.23. The minimum Gasteiger partial charge on any atom is -0.507 e. The number of halogens is 3. The number of benzene rings is 1. The highest BCUT2D eigenvalue weighted by molar-refractivity contribution is 5.49. The molecule has 1 aromatic carbocycles. The molecule has 0 saturated carbocycles. The van der Waals surface area contributed by atoms with Crippen LogP contribution in [0.2, 0.25) is 0 Å². The fourth-order valence-corrected chi connectivity index (χ4v) is 1.04. The maximum atomic E-state index is 11.9. The van der Waals surface area contributed by atoms with E-state index in [0.717, 1.165) is 12.1 Å². The van der Waals surface area contributed by atoms with Crippen molar-refractivity contribution in [2.75, 3.05) is 13.6 Å². The Morgan fingerprint density at radius 3 is 2.65 bits per heavy atom. The van der Waals surface area contributed by atoms with Gasteiger partial charge in [-0.05, 0) is 19.2 Å². The number of phenols is 1. The normalized spacial score (nSPS) is 10.6. The van der Waals surface area contributed by atoms with Crippen LogP contribution in [0.3, 0.4) is 0 Å². The second kappa shape index (κ2) is 5.46. The van der Waals surface area contributed by atoms with Crippen LogP contribution in [-0.4, -0.2) is 25.1 Å². The van der Waals surface area contributed by atoms with Crippen molar-refractivity contribution in [2.45, 2.75) is 6.36 Å². The molecule has 0 aliphatic rings. The molecule has 0 spiro atoms. The van der Waals surface area contributed by atoms with Crippen LogP contribution in [0.4, 0.5) is 13.2 Å². The summed E-state index contributed by atoms with van der Waals surface area (Å²) in [6.07, 6.45) is -4.77. The van der Waals surface area contributed by atoms with Crippen molar-refractivity contribution in [3.05, 3.63) is 23.8 Å². The van der Waals surface area contributed by atoms with Gasteiger partial charge in [-0.2, -0.15) is 0 Å². The van der Waals surface area contributed by atoms with Gasteiger partial charge in [0.05, 0.1) is 12.1 Å². The van der Waals surface area contributed by atoms with Gasteiger partial charge >= 0.3 is 6.36 Å². The van der Waals surface area contributed by atoms with Crippen LogP contribution in [0.1, 0.15) is 5.56 Å². The average Bonchev–Trinajstić information content (AvgIpc) is 2.19. The molecule has 6 heteroatoms. The predicted octanol–water partition coefficient (Wildman–Crippen LogP) is 1.86. The molecule has 0 aliphatic heterocycles. The Bertz CT molecular complexity index is 446. The second-order valence-electron chi connectivity index (χ2n) is 3.06. The minimum atomic E-state index is -4.77. The molecule has 0 saturated heterocycles. The van der Waals surface area contributed by atoms with E-state index >= 15 is 0 Å². The summed E-state index contributed by atoms with van der Waals surface area (Å²) in [6.45, 7) is 0.417. The first-order chi connectivity index (χ1) is 7.92. The quantitative estimate of drug-likeness (QED) is 0.781. The lowest BCUT2D eigenvalue weighted by molar-refractivity contribution is -0.274. The summed E-state index contributed by atoms with van der Waals surface area (Å²) in [4.78, 5) is 0. The molecule has 0 atom stereocenters. The summed E-state index contributed by atoms with van der Waals surface area (Å²) in [5, 5.41) is 12.2. The van der Waals surface area contributed by atoms with Gasteiger partial charge in [0.25, 0.3) is 0 Å². The zero-order valence-electron chi connectivity index (χ0n) is 8.93. The van der Waals surface area contributed by atoms with Crippen LogP contribution in [0.25, 0.3) is 0 Å². The molecule has 0 unspecified atom stereocenters. The van der Waals surface area contributed by atoms with E-state index in [-0.39, 0.29) is 11.3 Å². The van der Waals surface area contributed by atoms with E-state index in [2.05, 4.69) is 21.9 Å². The summed E-state index contributed by atoms with van der Waals surface area (Å²) in [5.74, 6) is 4.45. The zero-order chi connectivity index (χ0) is 12.9. The summed E-state index contributed by atoms with van der Waals surface area (Å²) < 4.78 is 39.3. The molecule has 0 aliphatic carbocycles. The smallest absolute Gasteiger partial charge is 0.507 e. The molecule has 92 valence electrons. The van der Waals surface area contributed by atoms with E-state index in [9.17, 15) is 18.3 Å². The van der Waals surface area contributed by atoms with Crippen molar-refractivity contribution < 1.29 is 23.0 Å². The molecule has 0 amide bonds. The maximum absolute atomic E-state index is 11.9. The van der Waals surface area contributed by atoms with Gasteiger partial charge in [-0.15, -0.1) is 13.2 Å². The molecule has 1 aromatic rings. The van der Waals surface area contributed by atoms with Gasteiger partial charge in [0.2, 0.25) is 0 Å². The van der Waals surface area contributed by atoms with E-state index < -0.39 is 12.1 Å². The SMILES string of the molecule is CNCC#Cc1ccc(OC(F)(F)F)cc1O. The molecule has 0 radical (unpaired) electrons. The zero-order valence-corrected chi connectivity index (χ0v) is 8.93. The highest BCUT2D eigenvalue weighted by atomic mass is 19.4. The highest BCUT2D eigenvalue weighted by Crippen LogP contribution is 2.27. The Morgan fingerprint density at radius 2 is 2.12 bits per heavy atom. The first-order valence-corrected chi connectivity index (χ1v) is 4.64. The second-order valence-corrected chi connectivity index (χ2v) is 3.06. The molecule has 1 rings (SSSR count). The largest absolute Gasteiger partial charge is 0.573 e. The van der Waals surface area contributed by atoms with Crippen LogP contribution in [0, 0.1) is 11.8 Å². The first kappa shape index (κ1) is 13.2. The van der Waals surface area contributed by atoms with Gasteiger partial charge < -0.3 is 15.2 Å². The van der Waals surface area contributed by atoms with Gasteiger partial charge in [-0.3, -0.25) is 0 Å². The van der Waals surface area contributed by atoms with Crippen LogP contribution < -0.4 is 10.1 Å². The topological polar surface area (TPSA) is 41.5 Å². The van der Waals surface area contributed by atoms with Gasteiger partial charge in [0.1, 0.15) is 11.5 Å². The molecule has 0 bridgehead atoms. The van der Waals surface area contributed by atoms with Crippen LogP contribution >= 0.6 is 0 Å². The Morgan fingerprint density at radius 1 is 1.41 bits per heavy atom. The third-order valence-electron chi connectivity index (χ3n) is 1.69. The number of hydrogen-bond acceptors (Lipinski definition) is 3. The Balaban J connectivity index is 2.84. The molecule has 0 fully saturated rings. The van der Waals surface area contributed by atoms with Crippen molar-refractivity contribution >= 4 is 0 Å². The van der Waals surface area contributed by atoms with Gasteiger partial charge in [-0.25, -0.2) is 0 Å². The average molecular weight is 245 g/mol. The van der Waals surface area contributed by atoms with E-state index in [1.807, 2.05) is 0 Å². The number of nitrogens with one attached hydrogen (secondary N) is 1. The molecule has 0 heterocycles. The molecule has 2 N–H and O–H groups in total. The first-order valence-electron chi connectivity index (χ1n) is 4.64. The number of ether oxygens (including phenoxy) is 1. The highest BCUT2D eigenvalue weighted by Gasteiger charge is 2.31. The lowest BCUT2D eigenvalue weighted by atomic mass is 10.2. The van der Waals surface area contributed by atoms with E-state index in [1.165, 1.54) is 6.07 Å². The molecule has 17 heavy (non-hydrogen) atoms. The van der Waals surface area contributed by atoms with E-state index in [0.29, 0.717) is 6.54 Å². The Kier molecular flexibility index (Phi) is 4.24. The van der Waals surface area contributed by atoms with Crippen molar-refractivity contribution in [3.8, 4) is 23.3 Å². The Hall–Kier alpha value is -1.87. The van der Waals surface area contributed by atoms with Gasteiger partial charge in [-0.1, -0.05) is 11.8 Å². The number of rotatable bonds is 2. The van der Waals surface area contributed by atoms with Crippen molar-refractivity contribution in [1.82, 2.24) is 5.32 Å². The summed E-state index contributed by atoms with van der Waals surface area (Å²) >= 11 is 0. The van der Waals surface area contributed by atoms with Gasteiger partial charge in [0, 0.05) is 6.07 Å². The number of alkyl halides is 3. The van der Waals surface area contributed by atoms with Crippen molar-refractivity contribution in [1.29, 1.82) is 0 Å². The van der Waals surface area contributed by atoms with Crippen LogP contribution in [0.5, 0.6) is 11.5 Å². The van der Waals surface area contributed by atoms with Crippen molar-refractivity contribution in [3.63, 3.8) is 0 Å². The molecule has 0 aromatic heterocycles. The fraction of sp³-hybridized carbons (Fsp3) is 0.273. The third kappa shape index (κ3) is 4.66. The number of phenolic OH excluding ortho intramolecular Hbond substituents is 1. The lowest BCUT2D eigenvalue weighted by Gasteiger charge is -2.09. The van der Waals surface area contributed by atoms with E-state index in [1.54, 1.807) is 7.05 Å².